The minimum Gasteiger partial charge on any atom is -0.343 e. The maximum Gasteiger partial charge on any atom is 0.131 e. The van der Waals surface area contributed by atoms with Crippen molar-refractivity contribution in [3.63, 3.8) is 0 Å². The van der Waals surface area contributed by atoms with Gasteiger partial charge in [-0.3, -0.25) is 0 Å². The van der Waals surface area contributed by atoms with Gasteiger partial charge in [-0.2, -0.15) is 5.26 Å². The first kappa shape index (κ1) is 11.6. The van der Waals surface area contributed by atoms with Crippen molar-refractivity contribution in [2.75, 3.05) is 0 Å². The summed E-state index contributed by atoms with van der Waals surface area (Å²) in [5.41, 5.74) is 0.0634. The van der Waals surface area contributed by atoms with Crippen LogP contribution in [0.2, 0.25) is 0 Å². The molecule has 0 aliphatic carbocycles. The molecule has 0 radical (unpaired) electrons. The highest BCUT2D eigenvalue weighted by Gasteiger charge is 2.21. The normalized spacial score (nSPS) is 10.3. The standard InChI is InChI=1S/C10H11F3N2/c1-2-15-9(4-12)7(3-11)8(6-14)10(15)5-13/h2-5H2,1H3. The largest absolute Gasteiger partial charge is 0.343 e. The Kier molecular flexibility index (Phi) is 3.78. The van der Waals surface area contributed by atoms with Crippen molar-refractivity contribution in [3.8, 4) is 6.07 Å². The van der Waals surface area contributed by atoms with Crippen LogP contribution in [-0.4, -0.2) is 4.57 Å². The van der Waals surface area contributed by atoms with Gasteiger partial charge in [0.1, 0.15) is 26.1 Å². The summed E-state index contributed by atoms with van der Waals surface area (Å²) >= 11 is 0. The summed E-state index contributed by atoms with van der Waals surface area (Å²) in [7, 11) is 0. The average Bonchev–Trinajstić information content (AvgIpc) is 2.59. The molecule has 0 atom stereocenters. The van der Waals surface area contributed by atoms with Gasteiger partial charge in [0.2, 0.25) is 0 Å². The van der Waals surface area contributed by atoms with E-state index >= 15 is 0 Å². The van der Waals surface area contributed by atoms with Crippen LogP contribution in [0.3, 0.4) is 0 Å². The fourth-order valence-electron chi connectivity index (χ4n) is 1.73. The Hall–Kier alpha value is -1.44. The lowest BCUT2D eigenvalue weighted by Gasteiger charge is -2.06. The Morgan fingerprint density at radius 3 is 2.07 bits per heavy atom. The summed E-state index contributed by atoms with van der Waals surface area (Å²) in [6.45, 7) is -0.692. The molecule has 5 heteroatoms. The first-order valence-corrected chi connectivity index (χ1v) is 4.56. The second-order valence-corrected chi connectivity index (χ2v) is 3.00. The summed E-state index contributed by atoms with van der Waals surface area (Å²) in [4.78, 5) is 0. The van der Waals surface area contributed by atoms with Gasteiger partial charge in [-0.05, 0) is 6.92 Å². The van der Waals surface area contributed by atoms with Crippen LogP contribution in [0.4, 0.5) is 13.2 Å². The minimum atomic E-state index is -0.942. The molecule has 0 amide bonds. The Morgan fingerprint density at radius 2 is 1.73 bits per heavy atom. The molecule has 1 aromatic heterocycles. The molecule has 0 saturated carbocycles. The maximum absolute atomic E-state index is 12.7. The number of nitriles is 1. The van der Waals surface area contributed by atoms with E-state index in [0.29, 0.717) is 6.54 Å². The Morgan fingerprint density at radius 1 is 1.13 bits per heavy atom. The predicted octanol–water partition coefficient (Wildman–Crippen LogP) is 2.79. The zero-order valence-corrected chi connectivity index (χ0v) is 8.36. The molecule has 0 fully saturated rings. The summed E-state index contributed by atoms with van der Waals surface area (Å²) in [5, 5.41) is 8.77. The van der Waals surface area contributed by atoms with Gasteiger partial charge in [0.05, 0.1) is 17.0 Å². The van der Waals surface area contributed by atoms with Crippen molar-refractivity contribution in [1.29, 1.82) is 5.26 Å². The molecule has 0 bridgehead atoms. The van der Waals surface area contributed by atoms with Crippen LogP contribution in [0.15, 0.2) is 0 Å². The molecule has 0 aliphatic heterocycles. The van der Waals surface area contributed by atoms with Crippen molar-refractivity contribution in [2.45, 2.75) is 33.5 Å². The molecule has 0 spiro atoms. The lowest BCUT2D eigenvalue weighted by atomic mass is 10.1. The molecule has 0 unspecified atom stereocenters. The molecule has 0 aromatic carbocycles. The van der Waals surface area contributed by atoms with Crippen molar-refractivity contribution in [1.82, 2.24) is 4.57 Å². The molecule has 0 aliphatic rings. The van der Waals surface area contributed by atoms with Crippen molar-refractivity contribution < 1.29 is 13.2 Å². The molecule has 1 rings (SSSR count). The van der Waals surface area contributed by atoms with Gasteiger partial charge in [-0.1, -0.05) is 0 Å². The molecule has 2 nitrogen and oxygen atoms in total. The van der Waals surface area contributed by atoms with E-state index < -0.39 is 20.0 Å². The highest BCUT2D eigenvalue weighted by molar-refractivity contribution is 5.46. The lowest BCUT2D eigenvalue weighted by molar-refractivity contribution is 0.423. The number of nitrogens with zero attached hydrogens (tertiary/aromatic N) is 2. The average molecular weight is 216 g/mol. The van der Waals surface area contributed by atoms with Crippen LogP contribution in [-0.2, 0) is 26.6 Å². The molecule has 0 saturated heterocycles. The second kappa shape index (κ2) is 4.87. The Labute approximate surface area is 85.9 Å². The predicted molar refractivity (Wildman–Crippen MR) is 49.3 cm³/mol. The van der Waals surface area contributed by atoms with Crippen LogP contribution in [0.1, 0.15) is 29.4 Å². The van der Waals surface area contributed by atoms with E-state index in [0.717, 1.165) is 0 Å². The van der Waals surface area contributed by atoms with Crippen LogP contribution in [0, 0.1) is 11.3 Å². The number of rotatable bonds is 4. The van der Waals surface area contributed by atoms with E-state index in [1.54, 1.807) is 13.0 Å². The van der Waals surface area contributed by atoms with Gasteiger partial charge < -0.3 is 4.57 Å². The van der Waals surface area contributed by atoms with Crippen LogP contribution in [0.5, 0.6) is 0 Å². The molecular formula is C10H11F3N2. The third-order valence-electron chi connectivity index (χ3n) is 2.41. The highest BCUT2D eigenvalue weighted by Crippen LogP contribution is 2.25. The van der Waals surface area contributed by atoms with E-state index in [9.17, 15) is 13.2 Å². The molecule has 82 valence electrons. The van der Waals surface area contributed by atoms with Crippen LogP contribution < -0.4 is 0 Å². The quantitative estimate of drug-likeness (QED) is 0.760. The number of hydrogen-bond donors (Lipinski definition) is 0. The number of aromatic nitrogens is 1. The molecular weight excluding hydrogens is 205 g/mol. The fourth-order valence-corrected chi connectivity index (χ4v) is 1.73. The van der Waals surface area contributed by atoms with E-state index in [1.807, 2.05) is 0 Å². The Balaban J connectivity index is 3.50. The van der Waals surface area contributed by atoms with Gasteiger partial charge in [-0.25, -0.2) is 13.2 Å². The Bertz CT molecular complexity index is 361. The van der Waals surface area contributed by atoms with Crippen molar-refractivity contribution in [2.24, 2.45) is 0 Å². The summed E-state index contributed by atoms with van der Waals surface area (Å²) in [5.74, 6) is 0. The van der Waals surface area contributed by atoms with E-state index in [-0.39, 0.29) is 22.5 Å². The first-order valence-electron chi connectivity index (χ1n) is 4.56. The third-order valence-corrected chi connectivity index (χ3v) is 2.41. The minimum absolute atomic E-state index is 0.0190. The highest BCUT2D eigenvalue weighted by atomic mass is 19.1. The summed E-state index contributed by atoms with van der Waals surface area (Å²) in [6.07, 6.45) is 0. The molecule has 15 heavy (non-hydrogen) atoms. The third kappa shape index (κ3) is 1.72. The fraction of sp³-hybridized carbons (Fsp3) is 0.500. The molecule has 0 N–H and O–H groups in total. The number of hydrogen-bond acceptors (Lipinski definition) is 1. The SMILES string of the molecule is CCn1c(CF)c(C#N)c(CF)c1CF. The van der Waals surface area contributed by atoms with Gasteiger partial charge in [0, 0.05) is 12.1 Å². The maximum atomic E-state index is 12.7. The van der Waals surface area contributed by atoms with Gasteiger partial charge >= 0.3 is 0 Å². The topological polar surface area (TPSA) is 28.7 Å². The van der Waals surface area contributed by atoms with Crippen LogP contribution >= 0.6 is 0 Å². The van der Waals surface area contributed by atoms with Crippen LogP contribution in [0.25, 0.3) is 0 Å². The lowest BCUT2D eigenvalue weighted by Crippen LogP contribution is -2.04. The zero-order chi connectivity index (χ0) is 11.4. The molecule has 1 aromatic rings. The molecule has 1 heterocycles. The monoisotopic (exact) mass is 216 g/mol. The summed E-state index contributed by atoms with van der Waals surface area (Å²) in [6, 6.07) is 1.73. The summed E-state index contributed by atoms with van der Waals surface area (Å²) < 4.78 is 39.3. The van der Waals surface area contributed by atoms with Crippen molar-refractivity contribution in [3.05, 3.63) is 22.5 Å². The van der Waals surface area contributed by atoms with E-state index in [4.69, 9.17) is 5.26 Å². The zero-order valence-electron chi connectivity index (χ0n) is 8.36. The van der Waals surface area contributed by atoms with E-state index in [1.165, 1.54) is 4.57 Å². The first-order chi connectivity index (χ1) is 7.24. The number of halogens is 3. The second-order valence-electron chi connectivity index (χ2n) is 3.00. The van der Waals surface area contributed by atoms with Gasteiger partial charge in [-0.15, -0.1) is 0 Å². The van der Waals surface area contributed by atoms with Crippen molar-refractivity contribution >= 4 is 0 Å². The smallest absolute Gasteiger partial charge is 0.131 e. The number of alkyl halides is 3. The van der Waals surface area contributed by atoms with Gasteiger partial charge in [0.15, 0.2) is 0 Å². The van der Waals surface area contributed by atoms with Gasteiger partial charge in [0.25, 0.3) is 0 Å². The van der Waals surface area contributed by atoms with E-state index in [2.05, 4.69) is 0 Å².